The van der Waals surface area contributed by atoms with Crippen molar-refractivity contribution in [3.8, 4) is 0 Å². The van der Waals surface area contributed by atoms with Crippen molar-refractivity contribution >= 4 is 5.91 Å². The Kier molecular flexibility index (Phi) is 26.4. The Morgan fingerprint density at radius 3 is 2.00 bits per heavy atom. The van der Waals surface area contributed by atoms with Crippen LogP contribution in [-0.2, 0) is 14.3 Å². The number of hydrogen-bond donors (Lipinski definition) is 0. The van der Waals surface area contributed by atoms with Crippen LogP contribution in [-0.4, -0.2) is 67.2 Å². The van der Waals surface area contributed by atoms with Gasteiger partial charge in [-0.3, -0.25) is 4.79 Å². The molecule has 5 heteroatoms. The van der Waals surface area contributed by atoms with Gasteiger partial charge in [0.1, 0.15) is 6.10 Å². The van der Waals surface area contributed by atoms with Crippen LogP contribution in [0.25, 0.3) is 0 Å². The standard InChI is InChI=1S/C38H74N2O3/c1-6-10-12-14-16-17-19-21-26-36(42-33-24-20-18-15-13-11-7-2)30-29-35(5)43-37-27-25-32-40(34-37)38(41)28-22-23-31-39(8-3)9-4/h36-37H,5-34H2,1-4H3. The highest BCUT2D eigenvalue weighted by Gasteiger charge is 2.25. The number of carbonyl (C=O) groups excluding carboxylic acids is 1. The molecule has 1 amide bonds. The number of amides is 1. The molecule has 0 N–H and O–H groups in total. The van der Waals surface area contributed by atoms with E-state index < -0.39 is 0 Å². The van der Waals surface area contributed by atoms with E-state index in [0.29, 0.717) is 25.0 Å². The summed E-state index contributed by atoms with van der Waals surface area (Å²) < 4.78 is 12.8. The Bertz CT molecular complexity index is 631. The van der Waals surface area contributed by atoms with Crippen LogP contribution in [0.2, 0.25) is 0 Å². The molecule has 0 aromatic rings. The first kappa shape index (κ1) is 40.0. The first-order valence-corrected chi connectivity index (χ1v) is 19.0. The fourth-order valence-electron chi connectivity index (χ4n) is 6.31. The van der Waals surface area contributed by atoms with Crippen molar-refractivity contribution < 1.29 is 14.3 Å². The molecule has 2 unspecified atom stereocenters. The van der Waals surface area contributed by atoms with Gasteiger partial charge in [-0.15, -0.1) is 0 Å². The zero-order chi connectivity index (χ0) is 31.4. The number of ether oxygens (including phenoxy) is 2. The zero-order valence-electron chi connectivity index (χ0n) is 29.5. The van der Waals surface area contributed by atoms with E-state index in [0.717, 1.165) is 83.5 Å². The lowest BCUT2D eigenvalue weighted by atomic mass is 10.0. The normalized spacial score (nSPS) is 16.1. The highest BCUT2D eigenvalue weighted by molar-refractivity contribution is 5.76. The van der Waals surface area contributed by atoms with Crippen molar-refractivity contribution in [3.05, 3.63) is 12.3 Å². The van der Waals surface area contributed by atoms with Gasteiger partial charge in [-0.25, -0.2) is 0 Å². The molecule has 0 bridgehead atoms. The van der Waals surface area contributed by atoms with Crippen molar-refractivity contribution in [2.24, 2.45) is 0 Å². The first-order valence-electron chi connectivity index (χ1n) is 19.0. The lowest BCUT2D eigenvalue weighted by Crippen LogP contribution is -2.43. The van der Waals surface area contributed by atoms with E-state index in [9.17, 15) is 4.79 Å². The Morgan fingerprint density at radius 2 is 1.37 bits per heavy atom. The lowest BCUT2D eigenvalue weighted by Gasteiger charge is -2.33. The van der Waals surface area contributed by atoms with Gasteiger partial charge in [-0.05, 0) is 64.6 Å². The molecule has 43 heavy (non-hydrogen) atoms. The second-order valence-electron chi connectivity index (χ2n) is 13.2. The molecular formula is C38H74N2O3. The topological polar surface area (TPSA) is 42.0 Å². The van der Waals surface area contributed by atoms with E-state index in [1.165, 1.54) is 96.3 Å². The molecule has 1 aliphatic heterocycles. The number of allylic oxidation sites excluding steroid dienone is 1. The fraction of sp³-hybridized carbons (Fsp3) is 0.921. The van der Waals surface area contributed by atoms with Crippen LogP contribution in [0.5, 0.6) is 0 Å². The van der Waals surface area contributed by atoms with Gasteiger partial charge in [0.15, 0.2) is 0 Å². The van der Waals surface area contributed by atoms with Crippen molar-refractivity contribution in [1.29, 1.82) is 0 Å². The van der Waals surface area contributed by atoms with Gasteiger partial charge in [0.2, 0.25) is 5.91 Å². The highest BCUT2D eigenvalue weighted by atomic mass is 16.5. The van der Waals surface area contributed by atoms with E-state index in [1.807, 2.05) is 4.90 Å². The van der Waals surface area contributed by atoms with Gasteiger partial charge in [-0.1, -0.05) is 124 Å². The molecule has 1 saturated heterocycles. The van der Waals surface area contributed by atoms with E-state index in [1.54, 1.807) is 0 Å². The number of rotatable bonds is 30. The number of carbonyl (C=O) groups is 1. The molecule has 0 aliphatic carbocycles. The van der Waals surface area contributed by atoms with Crippen LogP contribution in [0.3, 0.4) is 0 Å². The first-order chi connectivity index (χ1) is 21.0. The maximum Gasteiger partial charge on any atom is 0.222 e. The molecular weight excluding hydrogens is 532 g/mol. The second-order valence-corrected chi connectivity index (χ2v) is 13.2. The van der Waals surface area contributed by atoms with E-state index in [-0.39, 0.29) is 6.10 Å². The van der Waals surface area contributed by atoms with Gasteiger partial charge in [0.05, 0.1) is 18.4 Å². The maximum absolute atomic E-state index is 12.9. The molecule has 0 aromatic carbocycles. The molecule has 0 spiro atoms. The predicted molar refractivity (Wildman–Crippen MR) is 186 cm³/mol. The minimum atomic E-state index is 0.0839. The Morgan fingerprint density at radius 1 is 0.767 bits per heavy atom. The summed E-state index contributed by atoms with van der Waals surface area (Å²) in [4.78, 5) is 17.3. The zero-order valence-corrected chi connectivity index (χ0v) is 29.5. The number of likely N-dealkylation sites (tertiary alicyclic amines) is 1. The number of nitrogens with zero attached hydrogens (tertiary/aromatic N) is 2. The maximum atomic E-state index is 12.9. The van der Waals surface area contributed by atoms with Crippen molar-refractivity contribution in [2.75, 3.05) is 39.3 Å². The average molecular weight is 607 g/mol. The fourth-order valence-corrected chi connectivity index (χ4v) is 6.31. The third-order valence-corrected chi connectivity index (χ3v) is 9.30. The van der Waals surface area contributed by atoms with E-state index in [2.05, 4.69) is 39.2 Å². The Labute approximate surface area is 268 Å². The summed E-state index contributed by atoms with van der Waals surface area (Å²) in [6.07, 6.45) is 28.2. The van der Waals surface area contributed by atoms with Crippen LogP contribution >= 0.6 is 0 Å². The highest BCUT2D eigenvalue weighted by Crippen LogP contribution is 2.22. The quantitative estimate of drug-likeness (QED) is 0.0602. The molecule has 1 heterocycles. The summed E-state index contributed by atoms with van der Waals surface area (Å²) in [5.41, 5.74) is 0. The van der Waals surface area contributed by atoms with Gasteiger partial charge in [0, 0.05) is 26.0 Å². The van der Waals surface area contributed by atoms with Gasteiger partial charge >= 0.3 is 0 Å². The lowest BCUT2D eigenvalue weighted by molar-refractivity contribution is -0.134. The Balaban J connectivity index is 2.37. The Hall–Kier alpha value is -1.07. The van der Waals surface area contributed by atoms with E-state index in [4.69, 9.17) is 9.47 Å². The molecule has 0 radical (unpaired) electrons. The van der Waals surface area contributed by atoms with Crippen LogP contribution < -0.4 is 0 Å². The summed E-state index contributed by atoms with van der Waals surface area (Å²) in [6.45, 7) is 19.0. The van der Waals surface area contributed by atoms with Gasteiger partial charge < -0.3 is 19.3 Å². The number of hydrogen-bond acceptors (Lipinski definition) is 4. The smallest absolute Gasteiger partial charge is 0.222 e. The number of piperidine rings is 1. The minimum absolute atomic E-state index is 0.0839. The molecule has 254 valence electrons. The average Bonchev–Trinajstić information content (AvgIpc) is 3.02. The molecule has 5 nitrogen and oxygen atoms in total. The summed E-state index contributed by atoms with van der Waals surface area (Å²) in [7, 11) is 0. The predicted octanol–water partition coefficient (Wildman–Crippen LogP) is 10.5. The van der Waals surface area contributed by atoms with Crippen LogP contribution in [0.15, 0.2) is 12.3 Å². The van der Waals surface area contributed by atoms with Crippen LogP contribution in [0, 0.1) is 0 Å². The third-order valence-electron chi connectivity index (χ3n) is 9.30. The summed E-state index contributed by atoms with van der Waals surface area (Å²) in [5, 5.41) is 0. The summed E-state index contributed by atoms with van der Waals surface area (Å²) in [5.74, 6) is 1.17. The largest absolute Gasteiger partial charge is 0.494 e. The summed E-state index contributed by atoms with van der Waals surface area (Å²) >= 11 is 0. The second kappa shape index (κ2) is 28.4. The van der Waals surface area contributed by atoms with Gasteiger partial charge in [-0.2, -0.15) is 0 Å². The molecule has 0 aromatic heterocycles. The van der Waals surface area contributed by atoms with Crippen molar-refractivity contribution in [3.63, 3.8) is 0 Å². The molecule has 1 rings (SSSR count). The van der Waals surface area contributed by atoms with Crippen molar-refractivity contribution in [2.45, 2.75) is 188 Å². The molecule has 0 saturated carbocycles. The SMILES string of the molecule is C=C(CCC(CCCCCCCCCC)OCCCCCCCCC)OC1CCCN(C(=O)CCCCN(CC)CC)C1. The monoisotopic (exact) mass is 607 g/mol. The molecule has 2 atom stereocenters. The molecule has 1 aliphatic rings. The number of unbranched alkanes of at least 4 members (excludes halogenated alkanes) is 14. The molecule has 1 fully saturated rings. The van der Waals surface area contributed by atoms with Gasteiger partial charge in [0.25, 0.3) is 0 Å². The van der Waals surface area contributed by atoms with E-state index >= 15 is 0 Å². The summed E-state index contributed by atoms with van der Waals surface area (Å²) in [6, 6.07) is 0. The third kappa shape index (κ3) is 22.1. The minimum Gasteiger partial charge on any atom is -0.494 e. The van der Waals surface area contributed by atoms with Crippen LogP contribution in [0.1, 0.15) is 175 Å². The van der Waals surface area contributed by atoms with Crippen molar-refractivity contribution in [1.82, 2.24) is 9.80 Å². The van der Waals surface area contributed by atoms with Crippen LogP contribution in [0.4, 0.5) is 0 Å².